The topological polar surface area (TPSA) is 88.8 Å². The van der Waals surface area contributed by atoms with Gasteiger partial charge in [0.2, 0.25) is 0 Å². The summed E-state index contributed by atoms with van der Waals surface area (Å²) in [6.45, 7) is 1.76. The molecule has 0 amide bonds. The standard InChI is InChI=1S/C11H12N2O4S/c1-8-6-9(16-2)4-5-10(8)11(7-12)13-17-18(3,14)15/h4-6H,1-3H3. The number of benzene rings is 1. The normalized spacial score (nSPS) is 11.8. The van der Waals surface area contributed by atoms with E-state index in [0.717, 1.165) is 11.8 Å². The van der Waals surface area contributed by atoms with Crippen LogP contribution in [0.4, 0.5) is 0 Å². The molecule has 0 saturated carbocycles. The van der Waals surface area contributed by atoms with Gasteiger partial charge in [0.05, 0.1) is 13.4 Å². The highest BCUT2D eigenvalue weighted by Gasteiger charge is 2.10. The highest BCUT2D eigenvalue weighted by Crippen LogP contribution is 2.17. The van der Waals surface area contributed by atoms with Gasteiger partial charge in [-0.2, -0.15) is 13.7 Å². The first kappa shape index (κ1) is 14.0. The molecule has 1 aromatic carbocycles. The zero-order valence-electron chi connectivity index (χ0n) is 10.2. The van der Waals surface area contributed by atoms with E-state index in [1.54, 1.807) is 31.2 Å². The van der Waals surface area contributed by atoms with Crippen LogP contribution in [-0.4, -0.2) is 27.5 Å². The van der Waals surface area contributed by atoms with Gasteiger partial charge in [0, 0.05) is 5.56 Å². The molecular weight excluding hydrogens is 256 g/mol. The maximum Gasteiger partial charge on any atom is 0.325 e. The monoisotopic (exact) mass is 268 g/mol. The maximum absolute atomic E-state index is 10.8. The molecular formula is C11H12N2O4S. The molecule has 0 bridgehead atoms. The first-order chi connectivity index (χ1) is 8.37. The summed E-state index contributed by atoms with van der Waals surface area (Å²) in [6, 6.07) is 6.76. The van der Waals surface area contributed by atoms with E-state index in [0.29, 0.717) is 11.3 Å². The second-order valence-electron chi connectivity index (χ2n) is 3.51. The quantitative estimate of drug-likeness (QED) is 0.604. The van der Waals surface area contributed by atoms with Gasteiger partial charge in [0.1, 0.15) is 11.8 Å². The van der Waals surface area contributed by atoms with Crippen LogP contribution in [0.1, 0.15) is 11.1 Å². The smallest absolute Gasteiger partial charge is 0.325 e. The SMILES string of the molecule is COc1ccc(C(C#N)=NOS(C)(=O)=O)c(C)c1. The fourth-order valence-electron chi connectivity index (χ4n) is 1.26. The average Bonchev–Trinajstić information content (AvgIpc) is 2.30. The molecule has 6 nitrogen and oxygen atoms in total. The summed E-state index contributed by atoms with van der Waals surface area (Å²) in [7, 11) is -2.20. The second-order valence-corrected chi connectivity index (χ2v) is 5.07. The van der Waals surface area contributed by atoms with Gasteiger partial charge in [-0.3, -0.25) is 4.28 Å². The van der Waals surface area contributed by atoms with Gasteiger partial charge >= 0.3 is 10.1 Å². The van der Waals surface area contributed by atoms with Crippen molar-refractivity contribution in [3.63, 3.8) is 0 Å². The van der Waals surface area contributed by atoms with Gasteiger partial charge in [-0.1, -0.05) is 5.16 Å². The van der Waals surface area contributed by atoms with Gasteiger partial charge in [-0.05, 0) is 30.7 Å². The van der Waals surface area contributed by atoms with Crippen LogP contribution in [0.15, 0.2) is 23.4 Å². The third-order valence-corrected chi connectivity index (χ3v) is 2.40. The van der Waals surface area contributed by atoms with Crippen LogP contribution < -0.4 is 4.74 Å². The largest absolute Gasteiger partial charge is 0.497 e. The number of ether oxygens (including phenoxy) is 1. The van der Waals surface area contributed by atoms with Crippen molar-refractivity contribution in [3.05, 3.63) is 29.3 Å². The van der Waals surface area contributed by atoms with Gasteiger partial charge in [-0.15, -0.1) is 0 Å². The lowest BCUT2D eigenvalue weighted by molar-refractivity contribution is 0.344. The lowest BCUT2D eigenvalue weighted by Gasteiger charge is -2.05. The Morgan fingerprint density at radius 3 is 2.56 bits per heavy atom. The van der Waals surface area contributed by atoms with Gasteiger partial charge in [-0.25, -0.2) is 0 Å². The zero-order valence-corrected chi connectivity index (χ0v) is 11.0. The molecule has 0 saturated heterocycles. The number of hydrogen-bond acceptors (Lipinski definition) is 6. The summed E-state index contributed by atoms with van der Waals surface area (Å²) in [4.78, 5) is 0. The lowest BCUT2D eigenvalue weighted by atomic mass is 10.0. The molecule has 0 radical (unpaired) electrons. The molecule has 0 aliphatic rings. The van der Waals surface area contributed by atoms with Crippen molar-refractivity contribution >= 4 is 15.8 Å². The van der Waals surface area contributed by atoms with Gasteiger partial charge in [0.15, 0.2) is 5.71 Å². The first-order valence-corrected chi connectivity index (χ1v) is 6.70. The molecule has 18 heavy (non-hydrogen) atoms. The van der Waals surface area contributed by atoms with Crippen molar-refractivity contribution in [2.45, 2.75) is 6.92 Å². The molecule has 0 heterocycles. The van der Waals surface area contributed by atoms with E-state index < -0.39 is 10.1 Å². The summed E-state index contributed by atoms with van der Waals surface area (Å²) in [5, 5.41) is 12.3. The fraction of sp³-hybridized carbons (Fsp3) is 0.273. The molecule has 0 aromatic heterocycles. The highest BCUT2D eigenvalue weighted by molar-refractivity contribution is 7.85. The van der Waals surface area contributed by atoms with Crippen LogP contribution in [0, 0.1) is 18.3 Å². The van der Waals surface area contributed by atoms with Crippen LogP contribution in [0.2, 0.25) is 0 Å². The molecule has 1 aromatic rings. The average molecular weight is 268 g/mol. The first-order valence-electron chi connectivity index (χ1n) is 4.89. The summed E-state index contributed by atoms with van der Waals surface area (Å²) >= 11 is 0. The van der Waals surface area contributed by atoms with Crippen molar-refractivity contribution in [3.8, 4) is 11.8 Å². The summed E-state index contributed by atoms with van der Waals surface area (Å²) in [5.41, 5.74) is 1.11. The molecule has 96 valence electrons. The Labute approximate surface area is 106 Å². The zero-order chi connectivity index (χ0) is 13.8. The molecule has 0 aliphatic carbocycles. The molecule has 7 heteroatoms. The fourth-order valence-corrected chi connectivity index (χ4v) is 1.47. The minimum Gasteiger partial charge on any atom is -0.497 e. The molecule has 0 atom stereocenters. The third-order valence-electron chi connectivity index (χ3n) is 2.06. The van der Waals surface area contributed by atoms with Crippen LogP contribution in [0.3, 0.4) is 0 Å². The Balaban J connectivity index is 3.15. The predicted octanol–water partition coefficient (Wildman–Crippen LogP) is 1.21. The molecule has 0 unspecified atom stereocenters. The summed E-state index contributed by atoms with van der Waals surface area (Å²) in [6.07, 6.45) is 0.854. The molecule has 0 aliphatic heterocycles. The number of rotatable bonds is 4. The maximum atomic E-state index is 10.8. The van der Waals surface area contributed by atoms with E-state index in [9.17, 15) is 8.42 Å². The Kier molecular flexibility index (Phi) is 4.28. The predicted molar refractivity (Wildman–Crippen MR) is 65.8 cm³/mol. The van der Waals surface area contributed by atoms with Crippen LogP contribution in [-0.2, 0) is 14.4 Å². The van der Waals surface area contributed by atoms with E-state index in [4.69, 9.17) is 10.00 Å². The van der Waals surface area contributed by atoms with Crippen LogP contribution in [0.5, 0.6) is 5.75 Å². The van der Waals surface area contributed by atoms with Crippen LogP contribution in [0.25, 0.3) is 0 Å². The van der Waals surface area contributed by atoms with E-state index >= 15 is 0 Å². The highest BCUT2D eigenvalue weighted by atomic mass is 32.2. The number of aryl methyl sites for hydroxylation is 1. The van der Waals surface area contributed by atoms with Crippen molar-refractivity contribution in [1.29, 1.82) is 5.26 Å². The van der Waals surface area contributed by atoms with E-state index in [1.165, 1.54) is 7.11 Å². The van der Waals surface area contributed by atoms with Crippen molar-refractivity contribution < 1.29 is 17.4 Å². The molecule has 0 spiro atoms. The second kappa shape index (κ2) is 5.51. The minimum absolute atomic E-state index is 0.111. The number of methoxy groups -OCH3 is 1. The Morgan fingerprint density at radius 1 is 1.44 bits per heavy atom. The van der Waals surface area contributed by atoms with E-state index in [-0.39, 0.29) is 5.71 Å². The van der Waals surface area contributed by atoms with E-state index in [1.807, 2.05) is 0 Å². The van der Waals surface area contributed by atoms with E-state index in [2.05, 4.69) is 9.44 Å². The number of hydrogen-bond donors (Lipinski definition) is 0. The van der Waals surface area contributed by atoms with Crippen LogP contribution >= 0.6 is 0 Å². The van der Waals surface area contributed by atoms with Gasteiger partial charge < -0.3 is 4.74 Å². The van der Waals surface area contributed by atoms with Crippen molar-refractivity contribution in [2.75, 3.05) is 13.4 Å². The van der Waals surface area contributed by atoms with Crippen molar-refractivity contribution in [1.82, 2.24) is 0 Å². The lowest BCUT2D eigenvalue weighted by Crippen LogP contribution is -2.05. The third kappa shape index (κ3) is 3.75. The Bertz CT molecular complexity index is 614. The number of oxime groups is 1. The molecule has 0 N–H and O–H groups in total. The summed E-state index contributed by atoms with van der Waals surface area (Å²) in [5.74, 6) is 0.637. The number of nitrogens with zero attached hydrogens (tertiary/aromatic N) is 2. The molecule has 0 fully saturated rings. The Hall–Kier alpha value is -2.07. The van der Waals surface area contributed by atoms with Crippen molar-refractivity contribution in [2.24, 2.45) is 5.16 Å². The Morgan fingerprint density at radius 2 is 2.11 bits per heavy atom. The number of nitriles is 1. The summed E-state index contributed by atoms with van der Waals surface area (Å²) < 4.78 is 30.9. The van der Waals surface area contributed by atoms with Gasteiger partial charge in [0.25, 0.3) is 0 Å². The molecule has 1 rings (SSSR count). The minimum atomic E-state index is -3.73.